The van der Waals surface area contributed by atoms with Crippen LogP contribution in [-0.2, 0) is 21.2 Å². The normalized spacial score (nSPS) is 21.5. The molecule has 5 rings (SSSR count). The Kier molecular flexibility index (Phi) is 5.28. The quantitative estimate of drug-likeness (QED) is 0.640. The van der Waals surface area contributed by atoms with Gasteiger partial charge in [-0.3, -0.25) is 4.79 Å². The molecule has 1 amide bonds. The van der Waals surface area contributed by atoms with Crippen LogP contribution in [0, 0.1) is 0 Å². The summed E-state index contributed by atoms with van der Waals surface area (Å²) in [4.78, 5) is 15.7. The van der Waals surface area contributed by atoms with Gasteiger partial charge in [-0.2, -0.15) is 4.72 Å². The average molecular weight is 435 g/mol. The van der Waals surface area contributed by atoms with E-state index in [2.05, 4.69) is 4.72 Å². The first kappa shape index (κ1) is 20.2. The molecule has 5 nitrogen and oxygen atoms in total. The van der Waals surface area contributed by atoms with Crippen LogP contribution < -0.4 is 4.72 Å². The first-order chi connectivity index (χ1) is 15.0. The molecule has 2 heterocycles. The number of hydrogen-bond donors (Lipinski definition) is 1. The van der Waals surface area contributed by atoms with Gasteiger partial charge in [-0.05, 0) is 60.6 Å². The third-order valence-corrected chi connectivity index (χ3v) is 8.09. The van der Waals surface area contributed by atoms with Gasteiger partial charge in [0.1, 0.15) is 6.04 Å². The largest absolute Gasteiger partial charge is 0.335 e. The minimum Gasteiger partial charge on any atom is -0.335 e. The molecule has 0 saturated carbocycles. The van der Waals surface area contributed by atoms with Gasteiger partial charge in [0.05, 0.1) is 4.90 Å². The molecular formula is C25H26N2O3S. The molecule has 2 aliphatic heterocycles. The van der Waals surface area contributed by atoms with E-state index in [1.807, 2.05) is 59.5 Å². The number of nitrogens with one attached hydrogen (secondary N) is 1. The molecule has 2 bridgehead atoms. The third kappa shape index (κ3) is 3.98. The Labute approximate surface area is 183 Å². The van der Waals surface area contributed by atoms with Crippen LogP contribution in [0.1, 0.15) is 31.2 Å². The number of carbonyl (C=O) groups excluding carboxylic acids is 1. The van der Waals surface area contributed by atoms with Crippen molar-refractivity contribution in [3.8, 4) is 0 Å². The first-order valence-electron chi connectivity index (χ1n) is 10.9. The van der Waals surface area contributed by atoms with Crippen LogP contribution in [-0.4, -0.2) is 37.4 Å². The van der Waals surface area contributed by atoms with Crippen molar-refractivity contribution < 1.29 is 13.2 Å². The molecule has 0 radical (unpaired) electrons. The molecule has 3 aromatic carbocycles. The summed E-state index contributed by atoms with van der Waals surface area (Å²) in [5.74, 6) is -0.0989. The van der Waals surface area contributed by atoms with Gasteiger partial charge in [0.25, 0.3) is 0 Å². The molecule has 3 aromatic rings. The molecule has 2 fully saturated rings. The molecule has 6 heteroatoms. The Morgan fingerprint density at radius 3 is 2.16 bits per heavy atom. The highest BCUT2D eigenvalue weighted by molar-refractivity contribution is 7.89. The van der Waals surface area contributed by atoms with Crippen molar-refractivity contribution in [2.24, 2.45) is 0 Å². The lowest BCUT2D eigenvalue weighted by Gasteiger charge is -2.28. The summed E-state index contributed by atoms with van der Waals surface area (Å²) in [6, 6.07) is 22.0. The van der Waals surface area contributed by atoms with E-state index in [1.165, 1.54) is 0 Å². The lowest BCUT2D eigenvalue weighted by molar-refractivity contribution is -0.134. The van der Waals surface area contributed by atoms with Gasteiger partial charge in [0.15, 0.2) is 0 Å². The Morgan fingerprint density at radius 1 is 0.871 bits per heavy atom. The summed E-state index contributed by atoms with van der Waals surface area (Å²) in [7, 11) is -3.86. The minimum atomic E-state index is -3.86. The van der Waals surface area contributed by atoms with Crippen molar-refractivity contribution in [1.82, 2.24) is 9.62 Å². The molecular weight excluding hydrogens is 408 g/mol. The summed E-state index contributed by atoms with van der Waals surface area (Å²) in [6.45, 7) is 0. The smallest absolute Gasteiger partial charge is 0.241 e. The standard InChI is InChI=1S/C25H26N2O3S/c28-25(27-21-11-12-22(27)14-13-21)24(16-18-6-2-1-3-7-18)26-31(29,30)23-15-10-19-8-4-5-9-20(19)17-23/h1-10,15,17,21-22,24,26H,11-14,16H2. The number of carbonyl (C=O) groups is 1. The maximum atomic E-state index is 13.5. The highest BCUT2D eigenvalue weighted by Gasteiger charge is 2.44. The van der Waals surface area contributed by atoms with E-state index >= 15 is 0 Å². The second-order valence-corrected chi connectivity index (χ2v) is 10.3. The molecule has 31 heavy (non-hydrogen) atoms. The number of rotatable bonds is 6. The fraction of sp³-hybridized carbons (Fsp3) is 0.320. The second-order valence-electron chi connectivity index (χ2n) is 8.58. The van der Waals surface area contributed by atoms with E-state index in [1.54, 1.807) is 18.2 Å². The van der Waals surface area contributed by atoms with Gasteiger partial charge in [0, 0.05) is 12.1 Å². The van der Waals surface area contributed by atoms with Crippen molar-refractivity contribution in [3.63, 3.8) is 0 Å². The summed E-state index contributed by atoms with van der Waals surface area (Å²) in [5, 5.41) is 1.83. The number of fused-ring (bicyclic) bond motifs is 3. The number of benzene rings is 3. The third-order valence-electron chi connectivity index (χ3n) is 6.62. The number of hydrogen-bond acceptors (Lipinski definition) is 3. The average Bonchev–Trinajstić information content (AvgIpc) is 3.39. The van der Waals surface area contributed by atoms with Crippen molar-refractivity contribution in [1.29, 1.82) is 0 Å². The molecule has 0 spiro atoms. The fourth-order valence-corrected chi connectivity index (χ4v) is 6.30. The van der Waals surface area contributed by atoms with Gasteiger partial charge in [-0.25, -0.2) is 8.42 Å². The van der Waals surface area contributed by atoms with E-state index in [4.69, 9.17) is 0 Å². The van der Waals surface area contributed by atoms with E-state index in [0.29, 0.717) is 6.42 Å². The zero-order valence-electron chi connectivity index (χ0n) is 17.3. The second kappa shape index (κ2) is 8.09. The maximum Gasteiger partial charge on any atom is 0.241 e. The SMILES string of the molecule is O=C(C(Cc1ccccc1)NS(=O)(=O)c1ccc2ccccc2c1)N1C2CCC1CC2. The van der Waals surface area contributed by atoms with Crippen LogP contribution >= 0.6 is 0 Å². The zero-order valence-corrected chi connectivity index (χ0v) is 18.1. The predicted molar refractivity (Wildman–Crippen MR) is 121 cm³/mol. The number of sulfonamides is 1. The summed E-state index contributed by atoms with van der Waals surface area (Å²) < 4.78 is 29.3. The van der Waals surface area contributed by atoms with Gasteiger partial charge in [-0.1, -0.05) is 60.7 Å². The van der Waals surface area contributed by atoms with E-state index in [9.17, 15) is 13.2 Å². The van der Waals surface area contributed by atoms with Crippen LogP contribution in [0.2, 0.25) is 0 Å². The summed E-state index contributed by atoms with van der Waals surface area (Å²) in [5.41, 5.74) is 0.939. The Balaban J connectivity index is 1.45. The predicted octanol–water partition coefficient (Wildman–Crippen LogP) is 3.88. The highest BCUT2D eigenvalue weighted by Crippen LogP contribution is 2.38. The van der Waals surface area contributed by atoms with Crippen LogP contribution in [0.15, 0.2) is 77.7 Å². The monoisotopic (exact) mass is 434 g/mol. The maximum absolute atomic E-state index is 13.5. The molecule has 2 saturated heterocycles. The van der Waals surface area contributed by atoms with Crippen LogP contribution in [0.25, 0.3) is 10.8 Å². The van der Waals surface area contributed by atoms with Gasteiger partial charge >= 0.3 is 0 Å². The Hall–Kier alpha value is -2.70. The Morgan fingerprint density at radius 2 is 1.48 bits per heavy atom. The molecule has 0 aliphatic carbocycles. The van der Waals surface area contributed by atoms with Crippen molar-refractivity contribution in [2.75, 3.05) is 0 Å². The number of nitrogens with zero attached hydrogens (tertiary/aromatic N) is 1. The summed E-state index contributed by atoms with van der Waals surface area (Å²) in [6.07, 6.45) is 4.41. The van der Waals surface area contributed by atoms with Crippen molar-refractivity contribution >= 4 is 26.7 Å². The van der Waals surface area contributed by atoms with Gasteiger partial charge < -0.3 is 4.90 Å². The molecule has 1 N–H and O–H groups in total. The molecule has 1 atom stereocenters. The lowest BCUT2D eigenvalue weighted by atomic mass is 10.0. The van der Waals surface area contributed by atoms with E-state index in [0.717, 1.165) is 42.0 Å². The topological polar surface area (TPSA) is 66.5 Å². The zero-order chi connectivity index (χ0) is 21.4. The van der Waals surface area contributed by atoms with Crippen molar-refractivity contribution in [3.05, 3.63) is 78.4 Å². The van der Waals surface area contributed by atoms with Crippen LogP contribution in [0.5, 0.6) is 0 Å². The van der Waals surface area contributed by atoms with E-state index < -0.39 is 16.1 Å². The van der Waals surface area contributed by atoms with E-state index in [-0.39, 0.29) is 22.9 Å². The fourth-order valence-electron chi connectivity index (χ4n) is 5.07. The van der Waals surface area contributed by atoms with Crippen molar-refractivity contribution in [2.45, 2.75) is 55.1 Å². The molecule has 2 aliphatic rings. The van der Waals surface area contributed by atoms with Crippen LogP contribution in [0.4, 0.5) is 0 Å². The Bertz CT molecular complexity index is 1190. The minimum absolute atomic E-state index is 0.0989. The molecule has 1 unspecified atom stereocenters. The molecule has 0 aromatic heterocycles. The lowest BCUT2D eigenvalue weighted by Crippen LogP contribution is -2.51. The summed E-state index contributed by atoms with van der Waals surface area (Å²) >= 11 is 0. The van der Waals surface area contributed by atoms with Gasteiger partial charge in [-0.15, -0.1) is 0 Å². The van der Waals surface area contributed by atoms with Crippen LogP contribution in [0.3, 0.4) is 0 Å². The first-order valence-corrected chi connectivity index (χ1v) is 12.4. The number of amides is 1. The molecule has 160 valence electrons. The highest BCUT2D eigenvalue weighted by atomic mass is 32.2. The van der Waals surface area contributed by atoms with Gasteiger partial charge in [0.2, 0.25) is 15.9 Å².